The van der Waals surface area contributed by atoms with E-state index >= 15 is 0 Å². The van der Waals surface area contributed by atoms with Crippen molar-refractivity contribution in [1.82, 2.24) is 0 Å². The van der Waals surface area contributed by atoms with E-state index in [0.717, 1.165) is 28.6 Å². The molecule has 88 valence electrons. The molecule has 0 atom stereocenters. The van der Waals surface area contributed by atoms with Crippen molar-refractivity contribution in [3.8, 4) is 11.3 Å². The second-order valence-electron chi connectivity index (χ2n) is 4.30. The molecule has 0 radical (unpaired) electrons. The first kappa shape index (κ1) is 10.8. The van der Waals surface area contributed by atoms with E-state index in [1.54, 1.807) is 6.07 Å². The zero-order valence-electron chi connectivity index (χ0n) is 10.0. The first-order valence-electron chi connectivity index (χ1n) is 5.83. The van der Waals surface area contributed by atoms with Crippen LogP contribution in [0.15, 0.2) is 52.9 Å². The van der Waals surface area contributed by atoms with Crippen LogP contribution in [0.5, 0.6) is 0 Å². The van der Waals surface area contributed by atoms with Gasteiger partial charge in [0.2, 0.25) is 0 Å². The fraction of sp³-hybridized carbons (Fsp3) is 0.0625. The monoisotopic (exact) mass is 236 g/mol. The largest absolute Gasteiger partial charge is 0.453 e. The molecule has 3 aromatic rings. The van der Waals surface area contributed by atoms with Gasteiger partial charge in [-0.3, -0.25) is 4.79 Å². The molecule has 2 heteroatoms. The number of carbonyl (C=O) groups excluding carboxylic acids is 1. The SMILES string of the molecule is Cc1ccc2ccccc2c1-c1ccc(C=O)o1. The van der Waals surface area contributed by atoms with E-state index in [-0.39, 0.29) is 0 Å². The molecule has 18 heavy (non-hydrogen) atoms. The summed E-state index contributed by atoms with van der Waals surface area (Å²) < 4.78 is 5.54. The average Bonchev–Trinajstić information content (AvgIpc) is 2.87. The molecular weight excluding hydrogens is 224 g/mol. The summed E-state index contributed by atoms with van der Waals surface area (Å²) in [6.45, 7) is 2.05. The minimum atomic E-state index is 0.359. The van der Waals surface area contributed by atoms with Gasteiger partial charge < -0.3 is 4.42 Å². The number of hydrogen-bond acceptors (Lipinski definition) is 2. The Bertz CT molecular complexity index is 723. The number of carbonyl (C=O) groups is 1. The lowest BCUT2D eigenvalue weighted by atomic mass is 9.98. The molecule has 0 N–H and O–H groups in total. The third-order valence-electron chi connectivity index (χ3n) is 3.13. The molecule has 1 heterocycles. The molecule has 0 fully saturated rings. The lowest BCUT2D eigenvalue weighted by Crippen LogP contribution is -1.84. The molecule has 0 bridgehead atoms. The van der Waals surface area contributed by atoms with Gasteiger partial charge in [-0.15, -0.1) is 0 Å². The van der Waals surface area contributed by atoms with Crippen molar-refractivity contribution in [3.05, 3.63) is 59.9 Å². The Labute approximate surface area is 105 Å². The molecule has 0 amide bonds. The normalized spacial score (nSPS) is 10.7. The van der Waals surface area contributed by atoms with Gasteiger partial charge in [0.25, 0.3) is 0 Å². The molecule has 2 nitrogen and oxygen atoms in total. The highest BCUT2D eigenvalue weighted by molar-refractivity contribution is 5.97. The predicted octanol–water partition coefficient (Wildman–Crippen LogP) is 4.22. The number of furan rings is 1. The maximum Gasteiger partial charge on any atom is 0.185 e. The quantitative estimate of drug-likeness (QED) is 0.623. The molecule has 0 unspecified atom stereocenters. The fourth-order valence-corrected chi connectivity index (χ4v) is 2.26. The summed E-state index contributed by atoms with van der Waals surface area (Å²) in [6.07, 6.45) is 0.726. The topological polar surface area (TPSA) is 30.2 Å². The van der Waals surface area contributed by atoms with Gasteiger partial charge in [-0.1, -0.05) is 36.4 Å². The van der Waals surface area contributed by atoms with Gasteiger partial charge in [0.05, 0.1) is 0 Å². The van der Waals surface area contributed by atoms with E-state index in [0.29, 0.717) is 5.76 Å². The molecule has 0 saturated carbocycles. The number of hydrogen-bond donors (Lipinski definition) is 0. The van der Waals surface area contributed by atoms with E-state index in [9.17, 15) is 4.79 Å². The number of benzene rings is 2. The van der Waals surface area contributed by atoms with Crippen LogP contribution in [0.4, 0.5) is 0 Å². The number of rotatable bonds is 2. The van der Waals surface area contributed by atoms with Crippen LogP contribution in [0.25, 0.3) is 22.1 Å². The predicted molar refractivity (Wildman–Crippen MR) is 71.8 cm³/mol. The summed E-state index contributed by atoms with van der Waals surface area (Å²) >= 11 is 0. The van der Waals surface area contributed by atoms with Crippen LogP contribution >= 0.6 is 0 Å². The molecule has 3 rings (SSSR count). The van der Waals surface area contributed by atoms with Crippen LogP contribution in [-0.2, 0) is 0 Å². The minimum Gasteiger partial charge on any atom is -0.453 e. The minimum absolute atomic E-state index is 0.359. The summed E-state index contributed by atoms with van der Waals surface area (Å²) in [5.41, 5.74) is 2.20. The van der Waals surface area contributed by atoms with Crippen LogP contribution in [-0.4, -0.2) is 6.29 Å². The third kappa shape index (κ3) is 1.63. The highest BCUT2D eigenvalue weighted by atomic mass is 16.3. The van der Waals surface area contributed by atoms with Gasteiger partial charge in [-0.25, -0.2) is 0 Å². The van der Waals surface area contributed by atoms with Crippen LogP contribution in [0.1, 0.15) is 16.1 Å². The Morgan fingerprint density at radius 1 is 1.00 bits per heavy atom. The van der Waals surface area contributed by atoms with E-state index in [1.165, 1.54) is 5.39 Å². The molecule has 0 saturated heterocycles. The van der Waals surface area contributed by atoms with Crippen LogP contribution in [0, 0.1) is 6.92 Å². The standard InChI is InChI=1S/C16H12O2/c1-11-6-7-12-4-2-3-5-14(12)16(11)15-9-8-13(10-17)18-15/h2-10H,1H3. The van der Waals surface area contributed by atoms with Gasteiger partial charge in [0, 0.05) is 5.56 Å². The van der Waals surface area contributed by atoms with Crippen molar-refractivity contribution in [2.45, 2.75) is 6.92 Å². The van der Waals surface area contributed by atoms with Gasteiger partial charge in [-0.05, 0) is 35.4 Å². The molecule has 0 spiro atoms. The first-order chi connectivity index (χ1) is 8.79. The molecular formula is C16H12O2. The van der Waals surface area contributed by atoms with Crippen molar-refractivity contribution in [3.63, 3.8) is 0 Å². The van der Waals surface area contributed by atoms with E-state index in [1.807, 2.05) is 25.1 Å². The lowest BCUT2D eigenvalue weighted by Gasteiger charge is -2.07. The zero-order valence-corrected chi connectivity index (χ0v) is 10.0. The van der Waals surface area contributed by atoms with Crippen molar-refractivity contribution in [2.75, 3.05) is 0 Å². The lowest BCUT2D eigenvalue weighted by molar-refractivity contribution is 0.110. The first-order valence-corrected chi connectivity index (χ1v) is 5.83. The molecule has 1 aromatic heterocycles. The van der Waals surface area contributed by atoms with Crippen LogP contribution < -0.4 is 0 Å². The molecule has 0 aliphatic rings. The summed E-state index contributed by atoms with van der Waals surface area (Å²) in [6, 6.07) is 15.9. The maximum atomic E-state index is 10.7. The Balaban J connectivity index is 2.33. The number of fused-ring (bicyclic) bond motifs is 1. The highest BCUT2D eigenvalue weighted by Gasteiger charge is 2.10. The van der Waals surface area contributed by atoms with E-state index in [2.05, 4.69) is 24.3 Å². The van der Waals surface area contributed by atoms with Crippen LogP contribution in [0.2, 0.25) is 0 Å². The van der Waals surface area contributed by atoms with Gasteiger partial charge in [-0.2, -0.15) is 0 Å². The second kappa shape index (κ2) is 4.15. The van der Waals surface area contributed by atoms with Crippen molar-refractivity contribution < 1.29 is 9.21 Å². The van der Waals surface area contributed by atoms with Gasteiger partial charge >= 0.3 is 0 Å². The second-order valence-corrected chi connectivity index (χ2v) is 4.30. The maximum absolute atomic E-state index is 10.7. The summed E-state index contributed by atoms with van der Waals surface area (Å²) in [5.74, 6) is 1.10. The smallest absolute Gasteiger partial charge is 0.185 e. The average molecular weight is 236 g/mol. The van der Waals surface area contributed by atoms with Gasteiger partial charge in [0.1, 0.15) is 5.76 Å². The zero-order chi connectivity index (χ0) is 12.5. The number of aryl methyl sites for hydroxylation is 1. The van der Waals surface area contributed by atoms with Crippen molar-refractivity contribution >= 4 is 17.1 Å². The molecule has 0 aliphatic carbocycles. The summed E-state index contributed by atoms with van der Waals surface area (Å²) in [4.78, 5) is 10.7. The number of aldehydes is 1. The Morgan fingerprint density at radius 3 is 2.61 bits per heavy atom. The van der Waals surface area contributed by atoms with Crippen LogP contribution in [0.3, 0.4) is 0 Å². The Morgan fingerprint density at radius 2 is 1.83 bits per heavy atom. The summed E-state index contributed by atoms with van der Waals surface area (Å²) in [5, 5.41) is 2.31. The Hall–Kier alpha value is -2.35. The highest BCUT2D eigenvalue weighted by Crippen LogP contribution is 2.32. The fourth-order valence-electron chi connectivity index (χ4n) is 2.26. The molecule has 0 aliphatic heterocycles. The molecule has 2 aromatic carbocycles. The Kier molecular flexibility index (Phi) is 2.49. The van der Waals surface area contributed by atoms with Crippen molar-refractivity contribution in [2.24, 2.45) is 0 Å². The van der Waals surface area contributed by atoms with Crippen molar-refractivity contribution in [1.29, 1.82) is 0 Å². The summed E-state index contributed by atoms with van der Waals surface area (Å²) in [7, 11) is 0. The van der Waals surface area contributed by atoms with Gasteiger partial charge in [0.15, 0.2) is 12.0 Å². The van der Waals surface area contributed by atoms with E-state index < -0.39 is 0 Å². The third-order valence-corrected chi connectivity index (χ3v) is 3.13. The van der Waals surface area contributed by atoms with E-state index in [4.69, 9.17) is 4.42 Å².